The molecule has 0 atom stereocenters. The number of rotatable bonds is 4. The Morgan fingerprint density at radius 1 is 1.44 bits per heavy atom. The van der Waals surface area contributed by atoms with E-state index in [0.29, 0.717) is 6.41 Å². The van der Waals surface area contributed by atoms with E-state index in [4.69, 9.17) is 0 Å². The van der Waals surface area contributed by atoms with Gasteiger partial charge >= 0.3 is 11.5 Å². The van der Waals surface area contributed by atoms with Crippen LogP contribution in [0.5, 0.6) is 0 Å². The van der Waals surface area contributed by atoms with E-state index in [0.717, 1.165) is 19.2 Å². The van der Waals surface area contributed by atoms with Crippen molar-refractivity contribution in [2.24, 2.45) is 0 Å². The van der Waals surface area contributed by atoms with Crippen molar-refractivity contribution >= 4 is 29.8 Å². The van der Waals surface area contributed by atoms with Crippen molar-refractivity contribution in [3.05, 3.63) is 23.8 Å². The van der Waals surface area contributed by atoms with Crippen LogP contribution in [0.15, 0.2) is 23.1 Å². The number of nitrogens with one attached hydrogen (secondary N) is 1. The van der Waals surface area contributed by atoms with Crippen LogP contribution in [0.2, 0.25) is 0 Å². The predicted molar refractivity (Wildman–Crippen MR) is 59.4 cm³/mol. The summed E-state index contributed by atoms with van der Waals surface area (Å²) in [5.41, 5.74) is -4.50. The van der Waals surface area contributed by atoms with Crippen LogP contribution in [0, 0.1) is 0 Å². The van der Waals surface area contributed by atoms with Gasteiger partial charge in [-0.2, -0.15) is 13.2 Å². The molecule has 4 nitrogen and oxygen atoms in total. The minimum atomic E-state index is -4.45. The number of amides is 1. The highest BCUT2D eigenvalue weighted by Gasteiger charge is 2.29. The van der Waals surface area contributed by atoms with Gasteiger partial charge < -0.3 is 10.1 Å². The van der Waals surface area contributed by atoms with Gasteiger partial charge in [-0.3, -0.25) is 4.79 Å². The van der Waals surface area contributed by atoms with Crippen molar-refractivity contribution in [2.75, 3.05) is 12.4 Å². The molecule has 0 aliphatic carbocycles. The minimum absolute atomic E-state index is 0.0865. The molecule has 0 saturated carbocycles. The third-order valence-electron chi connectivity index (χ3n) is 1.84. The maximum Gasteiger partial charge on any atom is 0.446 e. The largest absolute Gasteiger partial charge is 0.465 e. The molecule has 1 N–H and O–H groups in total. The number of hydrogen-bond acceptors (Lipinski definition) is 4. The lowest BCUT2D eigenvalue weighted by molar-refractivity contribution is -0.105. The Hall–Kier alpha value is -1.70. The molecular formula is C10H8F3NO3S. The summed E-state index contributed by atoms with van der Waals surface area (Å²) in [6.45, 7) is 0. The van der Waals surface area contributed by atoms with Crippen molar-refractivity contribution < 1.29 is 27.5 Å². The molecule has 8 heteroatoms. The number of methoxy groups -OCH3 is 1. The zero-order chi connectivity index (χ0) is 13.8. The Labute approximate surface area is 104 Å². The molecule has 0 fully saturated rings. The molecule has 0 radical (unpaired) electrons. The third-order valence-corrected chi connectivity index (χ3v) is 2.57. The van der Waals surface area contributed by atoms with Gasteiger partial charge in [-0.05, 0) is 30.0 Å². The van der Waals surface area contributed by atoms with Gasteiger partial charge in [0.25, 0.3) is 0 Å². The maximum absolute atomic E-state index is 12.2. The van der Waals surface area contributed by atoms with Crippen LogP contribution in [0.3, 0.4) is 0 Å². The highest BCUT2D eigenvalue weighted by atomic mass is 32.2. The molecule has 0 aliphatic rings. The average molecular weight is 279 g/mol. The van der Waals surface area contributed by atoms with Crippen LogP contribution in [0.1, 0.15) is 10.4 Å². The van der Waals surface area contributed by atoms with E-state index < -0.39 is 11.5 Å². The average Bonchev–Trinajstić information content (AvgIpc) is 2.28. The smallest absolute Gasteiger partial charge is 0.446 e. The van der Waals surface area contributed by atoms with Gasteiger partial charge in [0, 0.05) is 4.90 Å². The number of ether oxygens (including phenoxy) is 1. The number of halogens is 3. The van der Waals surface area contributed by atoms with Crippen LogP contribution in [0.25, 0.3) is 0 Å². The number of thioether (sulfide) groups is 1. The Morgan fingerprint density at radius 2 is 2.11 bits per heavy atom. The van der Waals surface area contributed by atoms with Crippen LogP contribution >= 0.6 is 11.8 Å². The fourth-order valence-corrected chi connectivity index (χ4v) is 1.77. The Bertz CT molecular complexity index is 462. The number of carbonyl (C=O) groups excluding carboxylic acids is 2. The minimum Gasteiger partial charge on any atom is -0.465 e. The van der Waals surface area contributed by atoms with Gasteiger partial charge in [0.1, 0.15) is 0 Å². The van der Waals surface area contributed by atoms with Gasteiger partial charge in [-0.1, -0.05) is 0 Å². The van der Waals surface area contributed by atoms with Crippen molar-refractivity contribution in [2.45, 2.75) is 10.4 Å². The van der Waals surface area contributed by atoms with E-state index in [1.54, 1.807) is 0 Å². The van der Waals surface area contributed by atoms with E-state index in [-0.39, 0.29) is 27.9 Å². The lowest BCUT2D eigenvalue weighted by Crippen LogP contribution is -2.08. The lowest BCUT2D eigenvalue weighted by Gasteiger charge is -2.10. The first-order valence-electron chi connectivity index (χ1n) is 4.55. The topological polar surface area (TPSA) is 55.4 Å². The maximum atomic E-state index is 12.2. The molecule has 98 valence electrons. The molecule has 0 unspecified atom stereocenters. The van der Waals surface area contributed by atoms with E-state index >= 15 is 0 Å². The van der Waals surface area contributed by atoms with Crippen LogP contribution in [-0.4, -0.2) is 25.0 Å². The number of alkyl halides is 3. The first-order valence-corrected chi connectivity index (χ1v) is 5.37. The molecule has 1 amide bonds. The molecule has 0 spiro atoms. The summed E-state index contributed by atoms with van der Waals surface area (Å²) in [7, 11) is 1.09. The van der Waals surface area contributed by atoms with Crippen molar-refractivity contribution in [3.8, 4) is 0 Å². The third kappa shape index (κ3) is 3.95. The van der Waals surface area contributed by atoms with E-state index in [1.807, 2.05) is 0 Å². The number of anilines is 1. The van der Waals surface area contributed by atoms with Crippen LogP contribution < -0.4 is 5.32 Å². The number of esters is 1. The molecular weight excluding hydrogens is 271 g/mol. The fraction of sp³-hybridized carbons (Fsp3) is 0.200. The van der Waals surface area contributed by atoms with Crippen LogP contribution in [-0.2, 0) is 9.53 Å². The molecule has 0 saturated heterocycles. The lowest BCUT2D eigenvalue weighted by atomic mass is 10.2. The zero-order valence-electron chi connectivity index (χ0n) is 9.08. The van der Waals surface area contributed by atoms with Crippen molar-refractivity contribution in [1.82, 2.24) is 0 Å². The highest BCUT2D eigenvalue weighted by Crippen LogP contribution is 2.38. The summed E-state index contributed by atoms with van der Waals surface area (Å²) in [5, 5.41) is 2.21. The standard InChI is InChI=1S/C10H8F3NO3S/c1-17-9(16)7-4-6(18-10(11,12)13)2-3-8(7)14-5-15/h2-5H,1H3,(H,14,15). The van der Waals surface area contributed by atoms with Gasteiger partial charge in [0.05, 0.1) is 18.4 Å². The second-order valence-electron chi connectivity index (χ2n) is 3.01. The SMILES string of the molecule is COC(=O)c1cc(SC(F)(F)F)ccc1NC=O. The predicted octanol–water partition coefficient (Wildman–Crippen LogP) is 2.65. The summed E-state index contributed by atoms with van der Waals surface area (Å²) < 4.78 is 41.0. The monoisotopic (exact) mass is 279 g/mol. The molecule has 18 heavy (non-hydrogen) atoms. The summed E-state index contributed by atoms with van der Waals surface area (Å²) in [6, 6.07) is 3.36. The second kappa shape index (κ2) is 5.76. The first-order chi connectivity index (χ1) is 8.37. The van der Waals surface area contributed by atoms with Gasteiger partial charge in [-0.15, -0.1) is 0 Å². The molecule has 0 aliphatic heterocycles. The summed E-state index contributed by atoms with van der Waals surface area (Å²) >= 11 is -0.354. The fourth-order valence-electron chi connectivity index (χ4n) is 1.19. The Kier molecular flexibility index (Phi) is 4.60. The van der Waals surface area contributed by atoms with E-state index in [2.05, 4.69) is 10.1 Å². The molecule has 0 heterocycles. The molecule has 0 aromatic heterocycles. The van der Waals surface area contributed by atoms with Crippen molar-refractivity contribution in [3.63, 3.8) is 0 Å². The quantitative estimate of drug-likeness (QED) is 0.523. The number of hydrogen-bond donors (Lipinski definition) is 1. The highest BCUT2D eigenvalue weighted by molar-refractivity contribution is 8.00. The van der Waals surface area contributed by atoms with E-state index in [9.17, 15) is 22.8 Å². The normalized spacial score (nSPS) is 10.9. The second-order valence-corrected chi connectivity index (χ2v) is 4.15. The number of benzene rings is 1. The molecule has 1 aromatic rings. The summed E-state index contributed by atoms with van der Waals surface area (Å²) in [5.74, 6) is -0.830. The molecule has 1 rings (SSSR count). The molecule has 0 bridgehead atoms. The summed E-state index contributed by atoms with van der Waals surface area (Å²) in [6.07, 6.45) is 0.318. The zero-order valence-corrected chi connectivity index (χ0v) is 9.89. The van der Waals surface area contributed by atoms with Gasteiger partial charge in [-0.25, -0.2) is 4.79 Å². The van der Waals surface area contributed by atoms with E-state index in [1.165, 1.54) is 6.07 Å². The van der Waals surface area contributed by atoms with Crippen LogP contribution in [0.4, 0.5) is 18.9 Å². The molecule has 1 aromatic carbocycles. The first kappa shape index (κ1) is 14.4. The Morgan fingerprint density at radius 3 is 2.61 bits per heavy atom. The Balaban J connectivity index is 3.12. The summed E-state index contributed by atoms with van der Waals surface area (Å²) in [4.78, 5) is 21.5. The van der Waals surface area contributed by atoms with Gasteiger partial charge in [0.15, 0.2) is 0 Å². The van der Waals surface area contributed by atoms with Gasteiger partial charge in [0.2, 0.25) is 6.41 Å². The number of carbonyl (C=O) groups is 2. The van der Waals surface area contributed by atoms with Crippen molar-refractivity contribution in [1.29, 1.82) is 0 Å².